The number of hydrogen-bond acceptors (Lipinski definition) is 3. The lowest BCUT2D eigenvalue weighted by Crippen LogP contribution is -2.53. The summed E-state index contributed by atoms with van der Waals surface area (Å²) in [7, 11) is 0. The van der Waals surface area contributed by atoms with Gasteiger partial charge in [0.25, 0.3) is 5.91 Å². The van der Waals surface area contributed by atoms with E-state index in [-0.39, 0.29) is 36.8 Å². The molecule has 184 valence electrons. The van der Waals surface area contributed by atoms with Gasteiger partial charge in [0.1, 0.15) is 17.6 Å². The predicted molar refractivity (Wildman–Crippen MR) is 136 cm³/mol. The number of carbonyl (C=O) groups excluding carboxylic acids is 2. The van der Waals surface area contributed by atoms with Crippen LogP contribution in [0, 0.1) is 5.82 Å². The molecule has 0 saturated carbocycles. The van der Waals surface area contributed by atoms with Crippen LogP contribution in [0.4, 0.5) is 4.39 Å². The van der Waals surface area contributed by atoms with Crippen molar-refractivity contribution in [3.63, 3.8) is 0 Å². The molecule has 0 unspecified atom stereocenters. The van der Waals surface area contributed by atoms with Crippen LogP contribution in [0.3, 0.4) is 0 Å². The number of hydrogen-bond donors (Lipinski definition) is 1. The first kappa shape index (κ1) is 26.2. The van der Waals surface area contributed by atoms with E-state index in [2.05, 4.69) is 5.32 Å². The molecule has 2 atom stereocenters. The Labute approximate surface area is 210 Å². The molecular formula is C28H30ClFN2O3. The van der Waals surface area contributed by atoms with E-state index in [1.165, 1.54) is 17.0 Å². The van der Waals surface area contributed by atoms with E-state index in [0.717, 1.165) is 12.0 Å². The van der Waals surface area contributed by atoms with Crippen molar-refractivity contribution in [3.8, 4) is 5.75 Å². The van der Waals surface area contributed by atoms with E-state index < -0.39 is 6.04 Å². The Morgan fingerprint density at radius 2 is 1.71 bits per heavy atom. The van der Waals surface area contributed by atoms with Crippen LogP contribution in [0.1, 0.15) is 31.4 Å². The van der Waals surface area contributed by atoms with Gasteiger partial charge in [0.15, 0.2) is 6.61 Å². The molecule has 35 heavy (non-hydrogen) atoms. The molecule has 1 N–H and O–H groups in total. The summed E-state index contributed by atoms with van der Waals surface area (Å²) in [5.74, 6) is -0.529. The minimum absolute atomic E-state index is 0.0498. The molecule has 2 amide bonds. The molecule has 5 nitrogen and oxygen atoms in total. The smallest absolute Gasteiger partial charge is 0.261 e. The van der Waals surface area contributed by atoms with Crippen LogP contribution >= 0.6 is 11.6 Å². The van der Waals surface area contributed by atoms with Gasteiger partial charge in [-0.1, -0.05) is 67.1 Å². The van der Waals surface area contributed by atoms with Crippen molar-refractivity contribution in [2.24, 2.45) is 0 Å². The highest BCUT2D eigenvalue weighted by Gasteiger charge is 2.31. The Kier molecular flexibility index (Phi) is 9.67. The monoisotopic (exact) mass is 496 g/mol. The number of nitrogens with one attached hydrogen (secondary N) is 1. The van der Waals surface area contributed by atoms with E-state index in [4.69, 9.17) is 16.3 Å². The Bertz CT molecular complexity index is 1110. The normalized spacial score (nSPS) is 12.5. The van der Waals surface area contributed by atoms with Crippen LogP contribution in [-0.2, 0) is 22.6 Å². The van der Waals surface area contributed by atoms with E-state index in [1.54, 1.807) is 36.4 Å². The molecule has 0 spiro atoms. The van der Waals surface area contributed by atoms with E-state index in [9.17, 15) is 14.0 Å². The highest BCUT2D eigenvalue weighted by Crippen LogP contribution is 2.19. The number of carbonyl (C=O) groups is 2. The Hall–Kier alpha value is -3.38. The molecule has 0 fully saturated rings. The van der Waals surface area contributed by atoms with Gasteiger partial charge >= 0.3 is 0 Å². The van der Waals surface area contributed by atoms with E-state index in [1.807, 2.05) is 44.2 Å². The van der Waals surface area contributed by atoms with Gasteiger partial charge in [-0.25, -0.2) is 4.39 Å². The topological polar surface area (TPSA) is 58.6 Å². The van der Waals surface area contributed by atoms with Gasteiger partial charge in [-0.3, -0.25) is 9.59 Å². The summed E-state index contributed by atoms with van der Waals surface area (Å²) in [5.41, 5.74) is 1.63. The largest absolute Gasteiger partial charge is 0.484 e. The Balaban J connectivity index is 1.90. The molecule has 7 heteroatoms. The quantitative estimate of drug-likeness (QED) is 0.386. The second kappa shape index (κ2) is 12.9. The van der Waals surface area contributed by atoms with Crippen molar-refractivity contribution in [1.82, 2.24) is 10.2 Å². The fraction of sp³-hybridized carbons (Fsp3) is 0.286. The zero-order valence-corrected chi connectivity index (χ0v) is 20.7. The number of rotatable bonds is 11. The lowest BCUT2D eigenvalue weighted by atomic mass is 10.0. The first-order valence-corrected chi connectivity index (χ1v) is 12.0. The average Bonchev–Trinajstić information content (AvgIpc) is 2.86. The highest BCUT2D eigenvalue weighted by atomic mass is 35.5. The summed E-state index contributed by atoms with van der Waals surface area (Å²) < 4.78 is 19.2. The van der Waals surface area contributed by atoms with Gasteiger partial charge in [-0.05, 0) is 54.8 Å². The maximum atomic E-state index is 13.5. The standard InChI is InChI=1S/C28H30ClFN2O3/c1-3-20(2)31-28(34)26(16-21-8-5-4-6-9-21)32(18-22-12-14-24(30)15-13-22)27(33)19-35-25-11-7-10-23(29)17-25/h4-15,17,20,26H,3,16,18-19H2,1-2H3,(H,31,34)/t20-,26-/m0/s1. The minimum atomic E-state index is -0.785. The zero-order chi connectivity index (χ0) is 25.2. The van der Waals surface area contributed by atoms with Gasteiger partial charge in [0.05, 0.1) is 0 Å². The van der Waals surface area contributed by atoms with Gasteiger partial charge in [-0.2, -0.15) is 0 Å². The molecule has 0 radical (unpaired) electrons. The van der Waals surface area contributed by atoms with Crippen LogP contribution in [0.15, 0.2) is 78.9 Å². The van der Waals surface area contributed by atoms with Crippen molar-refractivity contribution in [2.45, 2.75) is 45.3 Å². The van der Waals surface area contributed by atoms with Crippen LogP contribution in [0.2, 0.25) is 5.02 Å². The lowest BCUT2D eigenvalue weighted by Gasteiger charge is -2.32. The number of halogens is 2. The molecule has 3 rings (SSSR count). The van der Waals surface area contributed by atoms with Crippen LogP contribution < -0.4 is 10.1 Å². The maximum Gasteiger partial charge on any atom is 0.261 e. The summed E-state index contributed by atoms with van der Waals surface area (Å²) in [4.78, 5) is 28.4. The summed E-state index contributed by atoms with van der Waals surface area (Å²) in [6, 6.07) is 21.4. The molecule has 0 aliphatic heterocycles. The lowest BCUT2D eigenvalue weighted by molar-refractivity contribution is -0.143. The Morgan fingerprint density at radius 3 is 2.37 bits per heavy atom. The third-order valence-electron chi connectivity index (χ3n) is 5.70. The third-order valence-corrected chi connectivity index (χ3v) is 5.93. The zero-order valence-electron chi connectivity index (χ0n) is 19.9. The van der Waals surface area contributed by atoms with Crippen molar-refractivity contribution < 1.29 is 18.7 Å². The van der Waals surface area contributed by atoms with Crippen molar-refractivity contribution in [1.29, 1.82) is 0 Å². The first-order chi connectivity index (χ1) is 16.9. The number of benzene rings is 3. The summed E-state index contributed by atoms with van der Waals surface area (Å²) >= 11 is 6.03. The third kappa shape index (κ3) is 8.11. The fourth-order valence-electron chi connectivity index (χ4n) is 3.57. The molecule has 0 heterocycles. The molecule has 3 aromatic carbocycles. The predicted octanol–water partition coefficient (Wildman–Crippen LogP) is 5.41. The molecule has 0 bridgehead atoms. The van der Waals surface area contributed by atoms with Crippen LogP contribution in [0.25, 0.3) is 0 Å². The minimum Gasteiger partial charge on any atom is -0.484 e. The summed E-state index contributed by atoms with van der Waals surface area (Å²) in [6.45, 7) is 3.76. The van der Waals surface area contributed by atoms with E-state index >= 15 is 0 Å². The van der Waals surface area contributed by atoms with Gasteiger partial charge in [-0.15, -0.1) is 0 Å². The maximum absolute atomic E-state index is 13.5. The summed E-state index contributed by atoms with van der Waals surface area (Å²) in [6.07, 6.45) is 1.08. The SMILES string of the molecule is CC[C@H](C)NC(=O)[C@H](Cc1ccccc1)N(Cc1ccc(F)cc1)C(=O)COc1cccc(Cl)c1. The molecule has 3 aromatic rings. The molecule has 0 aliphatic carbocycles. The Morgan fingerprint density at radius 1 is 1.00 bits per heavy atom. The highest BCUT2D eigenvalue weighted by molar-refractivity contribution is 6.30. The van der Waals surface area contributed by atoms with Crippen LogP contribution in [0.5, 0.6) is 5.75 Å². The van der Waals surface area contributed by atoms with E-state index in [0.29, 0.717) is 22.8 Å². The van der Waals surface area contributed by atoms with Gasteiger partial charge < -0.3 is 15.0 Å². The first-order valence-electron chi connectivity index (χ1n) is 11.6. The molecule has 0 saturated heterocycles. The number of amides is 2. The second-order valence-electron chi connectivity index (χ2n) is 8.42. The van der Waals surface area contributed by atoms with Crippen molar-refractivity contribution in [3.05, 3.63) is 101 Å². The molecule has 0 aliphatic rings. The molecule has 0 aromatic heterocycles. The van der Waals surface area contributed by atoms with Crippen LogP contribution in [-0.4, -0.2) is 35.4 Å². The average molecular weight is 497 g/mol. The van der Waals surface area contributed by atoms with Gasteiger partial charge in [0.2, 0.25) is 5.91 Å². The van der Waals surface area contributed by atoms with Crippen molar-refractivity contribution in [2.75, 3.05) is 6.61 Å². The molecular weight excluding hydrogens is 467 g/mol. The fourth-order valence-corrected chi connectivity index (χ4v) is 3.75. The number of nitrogens with zero attached hydrogens (tertiary/aromatic N) is 1. The number of ether oxygens (including phenoxy) is 1. The van der Waals surface area contributed by atoms with Gasteiger partial charge in [0, 0.05) is 24.0 Å². The summed E-state index contributed by atoms with van der Waals surface area (Å²) in [5, 5.41) is 3.50. The second-order valence-corrected chi connectivity index (χ2v) is 8.85. The van der Waals surface area contributed by atoms with Crippen molar-refractivity contribution >= 4 is 23.4 Å².